The third-order valence-corrected chi connectivity index (χ3v) is 14.2. The fraction of sp³-hybridized carbons (Fsp3) is 1.00. The van der Waals surface area contributed by atoms with Crippen LogP contribution in [0.2, 0.25) is 0 Å². The molecule has 194 valence electrons. The number of nitro groups is 1. The molecule has 5 fully saturated rings. The molecule has 0 amide bonds. The van der Waals surface area contributed by atoms with Gasteiger partial charge in [-0.05, 0) is 109 Å². The van der Waals surface area contributed by atoms with Crippen molar-refractivity contribution in [3.8, 4) is 0 Å². The minimum absolute atomic E-state index is 0.108. The average molecular weight is 474 g/mol. The Bertz CT molecular complexity index is 856. The molecule has 5 aliphatic carbocycles. The summed E-state index contributed by atoms with van der Waals surface area (Å²) in [5.41, 5.74) is 0.378. The molecule has 5 aliphatic rings. The molecule has 5 saturated carbocycles. The van der Waals surface area contributed by atoms with E-state index in [1.54, 1.807) is 0 Å². The first-order chi connectivity index (χ1) is 15.6. The summed E-state index contributed by atoms with van der Waals surface area (Å²) in [5.74, 6) is 3.82. The van der Waals surface area contributed by atoms with Crippen molar-refractivity contribution in [1.29, 1.82) is 0 Å². The van der Waals surface area contributed by atoms with Crippen LogP contribution in [0.4, 0.5) is 0 Å². The van der Waals surface area contributed by atoms with Crippen LogP contribution in [0.1, 0.15) is 113 Å². The lowest BCUT2D eigenvalue weighted by Gasteiger charge is -2.74. The van der Waals surface area contributed by atoms with E-state index >= 15 is 0 Å². The number of nitrogens with zero attached hydrogens (tertiary/aromatic N) is 1. The van der Waals surface area contributed by atoms with Gasteiger partial charge in [-0.25, -0.2) is 0 Å². The molecule has 0 aromatic heterocycles. The lowest BCUT2D eigenvalue weighted by molar-refractivity contribution is -0.552. The molecular weight excluding hydrogens is 422 g/mol. The fourth-order valence-corrected chi connectivity index (χ4v) is 12.0. The molecule has 34 heavy (non-hydrogen) atoms. The lowest BCUT2D eigenvalue weighted by Crippen LogP contribution is -2.71. The van der Waals surface area contributed by atoms with Crippen LogP contribution in [-0.2, 0) is 0 Å². The summed E-state index contributed by atoms with van der Waals surface area (Å²) in [7, 11) is 0. The normalized spacial score (nSPS) is 58.6. The Hall–Kier alpha value is -0.640. The topological polar surface area (TPSA) is 63.4 Å². The minimum Gasteiger partial charge on any atom is -0.385 e. The van der Waals surface area contributed by atoms with Crippen LogP contribution in [-0.4, -0.2) is 22.2 Å². The average Bonchev–Trinajstić information content (AvgIpc) is 2.74. The van der Waals surface area contributed by atoms with Crippen LogP contribution in [0.3, 0.4) is 0 Å². The molecule has 2 unspecified atom stereocenters. The summed E-state index contributed by atoms with van der Waals surface area (Å²) in [6, 6.07) is -0.835. The van der Waals surface area contributed by atoms with Crippen molar-refractivity contribution in [2.75, 3.05) is 0 Å². The third kappa shape index (κ3) is 2.93. The maximum absolute atomic E-state index is 12.1. The zero-order valence-corrected chi connectivity index (χ0v) is 23.2. The van der Waals surface area contributed by atoms with Crippen molar-refractivity contribution in [2.45, 2.75) is 125 Å². The Balaban J connectivity index is 1.58. The van der Waals surface area contributed by atoms with Gasteiger partial charge in [-0.1, -0.05) is 55.4 Å². The Labute approximate surface area is 208 Å². The van der Waals surface area contributed by atoms with Gasteiger partial charge in [-0.15, -0.1) is 0 Å². The molecule has 0 aromatic rings. The molecule has 4 nitrogen and oxygen atoms in total. The molecule has 0 aromatic carbocycles. The van der Waals surface area contributed by atoms with Crippen LogP contribution in [0.5, 0.6) is 0 Å². The van der Waals surface area contributed by atoms with Crippen molar-refractivity contribution < 1.29 is 10.0 Å². The van der Waals surface area contributed by atoms with Gasteiger partial charge in [0.05, 0.1) is 0 Å². The molecule has 0 radical (unpaired) electrons. The Kier molecular flexibility index (Phi) is 5.48. The molecule has 5 rings (SSSR count). The molecular formula is C30H51NO3. The highest BCUT2D eigenvalue weighted by Gasteiger charge is 2.72. The van der Waals surface area contributed by atoms with E-state index in [4.69, 9.17) is 0 Å². The first-order valence-electron chi connectivity index (χ1n) is 14.4. The van der Waals surface area contributed by atoms with E-state index in [1.165, 1.54) is 38.5 Å². The number of aliphatic hydroxyl groups is 1. The molecule has 1 N–H and O–H groups in total. The van der Waals surface area contributed by atoms with E-state index in [0.717, 1.165) is 36.5 Å². The maximum Gasteiger partial charge on any atom is 0.239 e. The number of hydrogen-bond acceptors (Lipinski definition) is 3. The SMILES string of the molecule is C[C@@H]1[C@H]2[C@H]3CC[C@@H]4[C@@]5(C)C(O)C([N+](=O)[O-])CC(C)(C)[C@@H]5CC[C@@]4(C)[C@]3(C)CC[C@@]2(C)CC[C@H]1C. The quantitative estimate of drug-likeness (QED) is 0.319. The summed E-state index contributed by atoms with van der Waals surface area (Å²) in [6.45, 7) is 19.5. The number of fused-ring (bicyclic) bond motifs is 7. The first kappa shape index (κ1) is 25.0. The summed E-state index contributed by atoms with van der Waals surface area (Å²) in [4.78, 5) is 11.9. The summed E-state index contributed by atoms with van der Waals surface area (Å²) >= 11 is 0. The minimum atomic E-state index is -0.840. The van der Waals surface area contributed by atoms with Gasteiger partial charge < -0.3 is 5.11 Å². The second-order valence-corrected chi connectivity index (χ2v) is 15.6. The lowest BCUT2D eigenvalue weighted by atomic mass is 9.31. The number of rotatable bonds is 1. The van der Waals surface area contributed by atoms with E-state index in [9.17, 15) is 15.2 Å². The highest BCUT2D eigenvalue weighted by atomic mass is 16.6. The standard InChI is InChI=1S/C30H51NO3/c1-18-11-13-27(5)15-16-28(6)20(24(27)19(18)2)9-10-23-29(28,7)14-12-22-26(3,4)17-21(31(33)34)25(32)30(22,23)8/h18-25,32H,9-17H2,1-8H3/t18-,19+,20-,21?,22+,23+,24+,25?,27-,28-,29-,30+/m1/s1. The van der Waals surface area contributed by atoms with Crippen molar-refractivity contribution in [2.24, 2.45) is 62.6 Å². The zero-order chi connectivity index (χ0) is 25.1. The monoisotopic (exact) mass is 473 g/mol. The number of hydrogen-bond donors (Lipinski definition) is 1. The highest BCUT2D eigenvalue weighted by molar-refractivity contribution is 5.20. The Morgan fingerprint density at radius 2 is 1.50 bits per heavy atom. The van der Waals surface area contributed by atoms with Crippen molar-refractivity contribution >= 4 is 0 Å². The molecule has 12 atom stereocenters. The van der Waals surface area contributed by atoms with Gasteiger partial charge in [-0.3, -0.25) is 10.1 Å². The van der Waals surface area contributed by atoms with Gasteiger partial charge in [0.25, 0.3) is 0 Å². The molecule has 0 aliphatic heterocycles. The van der Waals surface area contributed by atoms with E-state index in [-0.39, 0.29) is 26.6 Å². The predicted octanol–water partition coefficient (Wildman–Crippen LogP) is 7.36. The fourth-order valence-electron chi connectivity index (χ4n) is 12.0. The van der Waals surface area contributed by atoms with Gasteiger partial charge >= 0.3 is 0 Å². The third-order valence-electron chi connectivity index (χ3n) is 14.2. The molecule has 0 bridgehead atoms. The van der Waals surface area contributed by atoms with Crippen molar-refractivity contribution in [3.05, 3.63) is 10.1 Å². The molecule has 0 saturated heterocycles. The van der Waals surface area contributed by atoms with E-state index < -0.39 is 12.1 Å². The Morgan fingerprint density at radius 3 is 2.15 bits per heavy atom. The van der Waals surface area contributed by atoms with Crippen LogP contribution in [0, 0.1) is 72.7 Å². The first-order valence-corrected chi connectivity index (χ1v) is 14.4. The van der Waals surface area contributed by atoms with E-state index in [0.29, 0.717) is 23.7 Å². The number of aliphatic hydroxyl groups excluding tert-OH is 1. The van der Waals surface area contributed by atoms with E-state index in [2.05, 4.69) is 55.4 Å². The Morgan fingerprint density at radius 1 is 0.824 bits per heavy atom. The van der Waals surface area contributed by atoms with Crippen molar-refractivity contribution in [3.63, 3.8) is 0 Å². The van der Waals surface area contributed by atoms with Crippen LogP contribution in [0.15, 0.2) is 0 Å². The van der Waals surface area contributed by atoms with Gasteiger partial charge in [0.2, 0.25) is 6.04 Å². The smallest absolute Gasteiger partial charge is 0.239 e. The predicted molar refractivity (Wildman–Crippen MR) is 137 cm³/mol. The second kappa shape index (κ2) is 7.45. The van der Waals surface area contributed by atoms with Gasteiger partial charge in [0.1, 0.15) is 6.10 Å². The zero-order valence-electron chi connectivity index (χ0n) is 23.2. The maximum atomic E-state index is 12.1. The van der Waals surface area contributed by atoms with Gasteiger partial charge in [-0.2, -0.15) is 0 Å². The van der Waals surface area contributed by atoms with Crippen LogP contribution >= 0.6 is 0 Å². The largest absolute Gasteiger partial charge is 0.385 e. The highest BCUT2D eigenvalue weighted by Crippen LogP contribution is 2.77. The summed E-state index contributed by atoms with van der Waals surface area (Å²) in [5, 5.41) is 23.8. The van der Waals surface area contributed by atoms with Gasteiger partial charge in [0.15, 0.2) is 0 Å². The summed E-state index contributed by atoms with van der Waals surface area (Å²) in [6.07, 6.45) is 9.74. The molecule has 4 heteroatoms. The van der Waals surface area contributed by atoms with E-state index in [1.807, 2.05) is 0 Å². The van der Waals surface area contributed by atoms with Crippen molar-refractivity contribution in [1.82, 2.24) is 0 Å². The summed E-state index contributed by atoms with van der Waals surface area (Å²) < 4.78 is 0. The molecule has 0 spiro atoms. The van der Waals surface area contributed by atoms with Crippen LogP contribution < -0.4 is 0 Å². The van der Waals surface area contributed by atoms with Gasteiger partial charge in [0, 0.05) is 16.8 Å². The second-order valence-electron chi connectivity index (χ2n) is 15.6. The molecule has 0 heterocycles. The van der Waals surface area contributed by atoms with Crippen LogP contribution in [0.25, 0.3) is 0 Å².